The summed E-state index contributed by atoms with van der Waals surface area (Å²) in [5.41, 5.74) is 7.03. The maximum atomic E-state index is 14.3. The maximum absolute atomic E-state index is 14.3. The highest BCUT2D eigenvalue weighted by Crippen LogP contribution is 2.40. The van der Waals surface area contributed by atoms with Gasteiger partial charge < -0.3 is 5.73 Å². The lowest BCUT2D eigenvalue weighted by Crippen LogP contribution is -2.43. The van der Waals surface area contributed by atoms with Gasteiger partial charge >= 0.3 is 0 Å². The topological polar surface area (TPSA) is 29.3 Å². The summed E-state index contributed by atoms with van der Waals surface area (Å²) in [4.78, 5) is 2.32. The van der Waals surface area contributed by atoms with Gasteiger partial charge in [0, 0.05) is 18.2 Å². The van der Waals surface area contributed by atoms with Gasteiger partial charge in [0.15, 0.2) is 0 Å². The van der Waals surface area contributed by atoms with Gasteiger partial charge in [-0.15, -0.1) is 0 Å². The molecule has 1 heterocycles. The Morgan fingerprint density at radius 3 is 2.43 bits per heavy atom. The lowest BCUT2D eigenvalue weighted by molar-refractivity contribution is 0.0669. The predicted molar refractivity (Wildman–Crippen MR) is 87.0 cm³/mol. The molecule has 2 N–H and O–H groups in total. The first kappa shape index (κ1) is 16.7. The lowest BCUT2D eigenvalue weighted by atomic mass is 9.74. The zero-order valence-corrected chi connectivity index (χ0v) is 13.8. The van der Waals surface area contributed by atoms with Crippen molar-refractivity contribution in [3.05, 3.63) is 34.6 Å². The molecular weight excluding hydrogens is 287 g/mol. The van der Waals surface area contributed by atoms with Crippen LogP contribution in [0.1, 0.15) is 51.1 Å². The third kappa shape index (κ3) is 3.41. The monoisotopic (exact) mass is 312 g/mol. The van der Waals surface area contributed by atoms with Crippen LogP contribution in [0.25, 0.3) is 0 Å². The molecule has 0 aliphatic carbocycles. The van der Waals surface area contributed by atoms with Crippen molar-refractivity contribution in [2.24, 2.45) is 11.1 Å². The van der Waals surface area contributed by atoms with Crippen LogP contribution in [-0.4, -0.2) is 24.5 Å². The number of hydrogen-bond donors (Lipinski definition) is 1. The normalized spacial score (nSPS) is 20.4. The van der Waals surface area contributed by atoms with E-state index in [1.807, 2.05) is 0 Å². The van der Waals surface area contributed by atoms with Gasteiger partial charge in [0.2, 0.25) is 0 Å². The second kappa shape index (κ2) is 7.08. The smallest absolute Gasteiger partial charge is 0.146 e. The minimum Gasteiger partial charge on any atom is -0.329 e. The Kier molecular flexibility index (Phi) is 5.64. The van der Waals surface area contributed by atoms with Crippen molar-refractivity contribution in [3.8, 4) is 0 Å². The quantitative estimate of drug-likeness (QED) is 0.874. The molecule has 1 fully saturated rings. The van der Waals surface area contributed by atoms with E-state index in [4.69, 9.17) is 17.3 Å². The molecule has 0 radical (unpaired) electrons. The molecule has 0 saturated carbocycles. The first-order valence-electron chi connectivity index (χ1n) is 7.95. The average molecular weight is 313 g/mol. The summed E-state index contributed by atoms with van der Waals surface area (Å²) in [5.74, 6) is -0.322. The molecule has 1 aliphatic heterocycles. The summed E-state index contributed by atoms with van der Waals surface area (Å²) in [7, 11) is 0. The summed E-state index contributed by atoms with van der Waals surface area (Å²) in [5, 5.41) is 0.180. The van der Waals surface area contributed by atoms with E-state index < -0.39 is 0 Å². The van der Waals surface area contributed by atoms with Crippen LogP contribution in [0.15, 0.2) is 18.2 Å². The summed E-state index contributed by atoms with van der Waals surface area (Å²) in [6, 6.07) is 5.12. The fourth-order valence-corrected chi connectivity index (χ4v) is 3.70. The standard InChI is InChI=1S/C17H26ClFN2/c1-3-17(4-2)8-10-21(11-9-17)15(12-20)13-6-5-7-14(18)16(13)19/h5-7,15H,3-4,8-12,20H2,1-2H3. The molecular formula is C17H26ClFN2. The number of hydrogen-bond acceptors (Lipinski definition) is 2. The molecule has 21 heavy (non-hydrogen) atoms. The summed E-state index contributed by atoms with van der Waals surface area (Å²) in [6.45, 7) is 6.93. The van der Waals surface area contributed by atoms with Crippen LogP contribution in [0.3, 0.4) is 0 Å². The molecule has 118 valence electrons. The van der Waals surface area contributed by atoms with Crippen LogP contribution in [0, 0.1) is 11.2 Å². The largest absolute Gasteiger partial charge is 0.329 e. The van der Waals surface area contributed by atoms with E-state index in [0.29, 0.717) is 17.5 Å². The van der Waals surface area contributed by atoms with E-state index in [0.717, 1.165) is 13.1 Å². The van der Waals surface area contributed by atoms with Crippen LogP contribution in [0.4, 0.5) is 4.39 Å². The lowest BCUT2D eigenvalue weighted by Gasteiger charge is -2.44. The van der Waals surface area contributed by atoms with Gasteiger partial charge in [-0.25, -0.2) is 4.39 Å². The van der Waals surface area contributed by atoms with Crippen molar-refractivity contribution in [1.82, 2.24) is 4.90 Å². The van der Waals surface area contributed by atoms with Crippen molar-refractivity contribution in [1.29, 1.82) is 0 Å². The Bertz CT molecular complexity index is 464. The molecule has 0 spiro atoms. The number of likely N-dealkylation sites (tertiary alicyclic amines) is 1. The molecule has 2 rings (SSSR count). The number of benzene rings is 1. The molecule has 1 saturated heterocycles. The van der Waals surface area contributed by atoms with Crippen molar-refractivity contribution in [3.63, 3.8) is 0 Å². The Morgan fingerprint density at radius 2 is 1.90 bits per heavy atom. The van der Waals surface area contributed by atoms with Crippen LogP contribution in [0.5, 0.6) is 0 Å². The van der Waals surface area contributed by atoms with E-state index in [9.17, 15) is 4.39 Å². The number of nitrogens with zero attached hydrogens (tertiary/aromatic N) is 1. The van der Waals surface area contributed by atoms with Gasteiger partial charge in [-0.1, -0.05) is 50.4 Å². The van der Waals surface area contributed by atoms with E-state index in [2.05, 4.69) is 18.7 Å². The van der Waals surface area contributed by atoms with Gasteiger partial charge in [0.25, 0.3) is 0 Å². The molecule has 1 aromatic rings. The molecule has 1 aromatic carbocycles. The minimum atomic E-state index is -0.322. The zero-order chi connectivity index (χ0) is 15.5. The number of halogens is 2. The maximum Gasteiger partial charge on any atom is 0.146 e. The first-order chi connectivity index (χ1) is 10.1. The summed E-state index contributed by atoms with van der Waals surface area (Å²) < 4.78 is 14.3. The first-order valence-corrected chi connectivity index (χ1v) is 8.32. The molecule has 1 unspecified atom stereocenters. The molecule has 4 heteroatoms. The van der Waals surface area contributed by atoms with Crippen molar-refractivity contribution in [2.45, 2.75) is 45.6 Å². The van der Waals surface area contributed by atoms with Gasteiger partial charge in [-0.3, -0.25) is 4.90 Å². The fraction of sp³-hybridized carbons (Fsp3) is 0.647. The molecule has 2 nitrogen and oxygen atoms in total. The third-order valence-corrected chi connectivity index (χ3v) is 5.66. The minimum absolute atomic E-state index is 0.0737. The van der Waals surface area contributed by atoms with Crippen molar-refractivity contribution in [2.75, 3.05) is 19.6 Å². The SMILES string of the molecule is CCC1(CC)CCN(C(CN)c2cccc(Cl)c2F)CC1. The van der Waals surface area contributed by atoms with E-state index in [-0.39, 0.29) is 16.9 Å². The van der Waals surface area contributed by atoms with Gasteiger partial charge in [0.05, 0.1) is 5.02 Å². The number of piperidine rings is 1. The number of rotatable bonds is 5. The third-order valence-electron chi connectivity index (χ3n) is 5.36. The Balaban J connectivity index is 2.15. The summed E-state index contributed by atoms with van der Waals surface area (Å²) in [6.07, 6.45) is 4.77. The average Bonchev–Trinajstić information content (AvgIpc) is 2.53. The van der Waals surface area contributed by atoms with E-state index >= 15 is 0 Å². The second-order valence-corrected chi connectivity index (χ2v) is 6.54. The molecule has 1 atom stereocenters. The van der Waals surface area contributed by atoms with Crippen molar-refractivity contribution < 1.29 is 4.39 Å². The highest BCUT2D eigenvalue weighted by molar-refractivity contribution is 6.30. The van der Waals surface area contributed by atoms with Crippen LogP contribution >= 0.6 is 11.6 Å². The second-order valence-electron chi connectivity index (χ2n) is 6.14. The Morgan fingerprint density at radius 1 is 1.29 bits per heavy atom. The molecule has 1 aliphatic rings. The van der Waals surface area contributed by atoms with Crippen LogP contribution in [0.2, 0.25) is 5.02 Å². The summed E-state index contributed by atoms with van der Waals surface area (Å²) >= 11 is 5.91. The molecule has 0 amide bonds. The zero-order valence-electron chi connectivity index (χ0n) is 13.0. The molecule has 0 bridgehead atoms. The Hall–Kier alpha value is -0.640. The highest BCUT2D eigenvalue weighted by Gasteiger charge is 2.34. The van der Waals surface area contributed by atoms with Gasteiger partial charge in [0.1, 0.15) is 5.82 Å². The van der Waals surface area contributed by atoms with Crippen molar-refractivity contribution >= 4 is 11.6 Å². The Labute approximate surface area is 132 Å². The van der Waals surface area contributed by atoms with Crippen LogP contribution < -0.4 is 5.73 Å². The van der Waals surface area contributed by atoms with Gasteiger partial charge in [-0.2, -0.15) is 0 Å². The predicted octanol–water partition coefficient (Wildman–Crippen LogP) is 4.38. The van der Waals surface area contributed by atoms with Gasteiger partial charge in [-0.05, 0) is 37.4 Å². The van der Waals surface area contributed by atoms with E-state index in [1.54, 1.807) is 18.2 Å². The van der Waals surface area contributed by atoms with Crippen LogP contribution in [-0.2, 0) is 0 Å². The molecule has 0 aromatic heterocycles. The fourth-order valence-electron chi connectivity index (χ4n) is 3.52. The number of nitrogens with two attached hydrogens (primary N) is 1. The van der Waals surface area contributed by atoms with E-state index in [1.165, 1.54) is 25.7 Å². The highest BCUT2D eigenvalue weighted by atomic mass is 35.5.